The minimum atomic E-state index is -0.644. The van der Waals surface area contributed by atoms with E-state index in [1.54, 1.807) is 6.07 Å². The lowest BCUT2D eigenvalue weighted by Crippen LogP contribution is -2.04. The van der Waals surface area contributed by atoms with Crippen LogP contribution in [0.1, 0.15) is 22.9 Å². The minimum Gasteiger partial charge on any atom is -0.384 e. The number of aryl methyl sites for hydroxylation is 1. The molecule has 2 aromatic rings. The van der Waals surface area contributed by atoms with Crippen LogP contribution in [0.25, 0.3) is 0 Å². The zero-order valence-electron chi connectivity index (χ0n) is 9.09. The van der Waals surface area contributed by atoms with E-state index in [1.807, 2.05) is 43.3 Å². The van der Waals surface area contributed by atoms with Crippen LogP contribution in [-0.4, -0.2) is 10.1 Å². The topological polar surface area (TPSA) is 59.1 Å². The molecule has 0 aliphatic carbocycles. The lowest BCUT2D eigenvalue weighted by Gasteiger charge is -2.13. The Morgan fingerprint density at radius 2 is 1.81 bits per heavy atom. The maximum atomic E-state index is 10.2. The van der Waals surface area contributed by atoms with E-state index in [0.717, 1.165) is 16.8 Å². The number of hydrogen-bond acceptors (Lipinski definition) is 3. The predicted octanol–water partition coefficient (Wildman–Crippen LogP) is 2.05. The second-order valence-electron chi connectivity index (χ2n) is 3.72. The smallest absolute Gasteiger partial charge is 0.123 e. The Balaban J connectivity index is 2.38. The second kappa shape index (κ2) is 4.33. The van der Waals surface area contributed by atoms with Gasteiger partial charge in [-0.15, -0.1) is 0 Å². The van der Waals surface area contributed by atoms with Crippen LogP contribution < -0.4 is 5.73 Å². The monoisotopic (exact) mass is 214 g/mol. The van der Waals surface area contributed by atoms with Crippen molar-refractivity contribution in [1.82, 2.24) is 4.98 Å². The molecule has 2 rings (SSSR count). The van der Waals surface area contributed by atoms with Crippen molar-refractivity contribution in [2.24, 2.45) is 0 Å². The Hall–Kier alpha value is -1.87. The Morgan fingerprint density at radius 3 is 2.44 bits per heavy atom. The maximum absolute atomic E-state index is 10.2. The number of nitrogen functional groups attached to an aromatic ring is 1. The second-order valence-corrected chi connectivity index (χ2v) is 3.72. The van der Waals surface area contributed by atoms with E-state index in [4.69, 9.17) is 5.73 Å². The quantitative estimate of drug-likeness (QED) is 0.804. The van der Waals surface area contributed by atoms with Gasteiger partial charge in [0.05, 0.1) is 0 Å². The fourth-order valence-corrected chi connectivity index (χ4v) is 1.70. The largest absolute Gasteiger partial charge is 0.384 e. The highest BCUT2D eigenvalue weighted by Gasteiger charge is 2.13. The molecule has 0 spiro atoms. The Morgan fingerprint density at radius 1 is 1.12 bits per heavy atom. The number of aromatic nitrogens is 1. The molecule has 82 valence electrons. The number of benzene rings is 1. The molecule has 0 saturated heterocycles. The van der Waals surface area contributed by atoms with E-state index in [1.165, 1.54) is 0 Å². The number of pyridine rings is 1. The van der Waals surface area contributed by atoms with Crippen LogP contribution in [0.3, 0.4) is 0 Å². The van der Waals surface area contributed by atoms with Gasteiger partial charge in [-0.1, -0.05) is 36.4 Å². The molecule has 0 amide bonds. The molecule has 0 unspecified atom stereocenters. The lowest BCUT2D eigenvalue weighted by atomic mass is 10.0. The van der Waals surface area contributed by atoms with Crippen LogP contribution in [0.4, 0.5) is 5.82 Å². The molecule has 0 aliphatic heterocycles. The maximum Gasteiger partial charge on any atom is 0.123 e. The number of hydrogen-bond donors (Lipinski definition) is 2. The summed E-state index contributed by atoms with van der Waals surface area (Å²) in [4.78, 5) is 4.14. The van der Waals surface area contributed by atoms with Gasteiger partial charge in [0.25, 0.3) is 0 Å². The average molecular weight is 214 g/mol. The van der Waals surface area contributed by atoms with E-state index < -0.39 is 6.10 Å². The van der Waals surface area contributed by atoms with Gasteiger partial charge in [0.1, 0.15) is 11.9 Å². The molecule has 1 aromatic carbocycles. The van der Waals surface area contributed by atoms with Crippen molar-refractivity contribution in [2.45, 2.75) is 13.0 Å². The van der Waals surface area contributed by atoms with Gasteiger partial charge in [-0.05, 0) is 18.6 Å². The first-order valence-electron chi connectivity index (χ1n) is 5.14. The summed E-state index contributed by atoms with van der Waals surface area (Å²) >= 11 is 0. The van der Waals surface area contributed by atoms with Crippen molar-refractivity contribution in [1.29, 1.82) is 0 Å². The molecule has 3 nitrogen and oxygen atoms in total. The number of nitrogens with two attached hydrogens (primary N) is 1. The number of nitrogens with zero attached hydrogens (tertiary/aromatic N) is 1. The first-order chi connectivity index (χ1) is 7.68. The normalized spacial score (nSPS) is 12.4. The van der Waals surface area contributed by atoms with Crippen LogP contribution in [0.5, 0.6) is 0 Å². The van der Waals surface area contributed by atoms with Crippen LogP contribution in [0.15, 0.2) is 42.5 Å². The number of aliphatic hydroxyl groups is 1. The van der Waals surface area contributed by atoms with Crippen molar-refractivity contribution < 1.29 is 5.11 Å². The highest BCUT2D eigenvalue weighted by atomic mass is 16.3. The van der Waals surface area contributed by atoms with Gasteiger partial charge in [0, 0.05) is 11.3 Å². The molecular weight excluding hydrogens is 200 g/mol. The molecular formula is C13H14N2O. The van der Waals surface area contributed by atoms with Gasteiger partial charge in [-0.3, -0.25) is 0 Å². The van der Waals surface area contributed by atoms with Crippen LogP contribution in [-0.2, 0) is 0 Å². The average Bonchev–Trinajstić information content (AvgIpc) is 2.29. The fraction of sp³-hybridized carbons (Fsp3) is 0.154. The van der Waals surface area contributed by atoms with Gasteiger partial charge < -0.3 is 10.8 Å². The summed E-state index contributed by atoms with van der Waals surface area (Å²) in [5.41, 5.74) is 7.98. The van der Waals surface area contributed by atoms with Crippen molar-refractivity contribution >= 4 is 5.82 Å². The summed E-state index contributed by atoms with van der Waals surface area (Å²) in [5, 5.41) is 10.2. The third-order valence-corrected chi connectivity index (χ3v) is 2.56. The minimum absolute atomic E-state index is 0.474. The molecule has 0 saturated carbocycles. The van der Waals surface area contributed by atoms with Crippen molar-refractivity contribution in [3.05, 3.63) is 59.3 Å². The molecule has 0 fully saturated rings. The van der Waals surface area contributed by atoms with Gasteiger partial charge in [0.2, 0.25) is 0 Å². The third kappa shape index (κ3) is 2.04. The van der Waals surface area contributed by atoms with Crippen molar-refractivity contribution in [3.63, 3.8) is 0 Å². The van der Waals surface area contributed by atoms with E-state index in [-0.39, 0.29) is 0 Å². The van der Waals surface area contributed by atoms with E-state index in [9.17, 15) is 5.11 Å². The van der Waals surface area contributed by atoms with Crippen LogP contribution >= 0.6 is 0 Å². The number of aliphatic hydroxyl groups excluding tert-OH is 1. The third-order valence-electron chi connectivity index (χ3n) is 2.56. The van der Waals surface area contributed by atoms with Gasteiger partial charge >= 0.3 is 0 Å². The summed E-state index contributed by atoms with van der Waals surface area (Å²) < 4.78 is 0. The Kier molecular flexibility index (Phi) is 2.88. The standard InChI is InChI=1S/C13H14N2O/c1-9-11(7-8-12(14)15-9)13(16)10-5-3-2-4-6-10/h2-8,13,16H,1H3,(H2,14,15)/t13-/m0/s1. The summed E-state index contributed by atoms with van der Waals surface area (Å²) in [7, 11) is 0. The molecule has 0 aliphatic rings. The first kappa shape index (κ1) is 10.6. The highest BCUT2D eigenvalue weighted by Crippen LogP contribution is 2.23. The zero-order chi connectivity index (χ0) is 11.5. The number of anilines is 1. The SMILES string of the molecule is Cc1nc(N)ccc1[C@@H](O)c1ccccc1. The molecule has 16 heavy (non-hydrogen) atoms. The van der Waals surface area contributed by atoms with Crippen LogP contribution in [0, 0.1) is 6.92 Å². The summed E-state index contributed by atoms with van der Waals surface area (Å²) in [6.07, 6.45) is -0.644. The highest BCUT2D eigenvalue weighted by molar-refractivity contribution is 5.38. The van der Waals surface area contributed by atoms with Crippen LogP contribution in [0.2, 0.25) is 0 Å². The fourth-order valence-electron chi connectivity index (χ4n) is 1.70. The molecule has 3 heteroatoms. The first-order valence-corrected chi connectivity index (χ1v) is 5.14. The van der Waals surface area contributed by atoms with Gasteiger partial charge in [0.15, 0.2) is 0 Å². The molecule has 1 atom stereocenters. The molecule has 1 aromatic heterocycles. The Bertz CT molecular complexity index is 483. The summed E-state index contributed by atoms with van der Waals surface area (Å²) in [6.45, 7) is 1.85. The summed E-state index contributed by atoms with van der Waals surface area (Å²) in [6, 6.07) is 13.0. The predicted molar refractivity (Wildman–Crippen MR) is 63.9 cm³/mol. The van der Waals surface area contributed by atoms with E-state index in [0.29, 0.717) is 5.82 Å². The van der Waals surface area contributed by atoms with E-state index in [2.05, 4.69) is 4.98 Å². The molecule has 0 radical (unpaired) electrons. The molecule has 3 N–H and O–H groups in total. The van der Waals surface area contributed by atoms with E-state index >= 15 is 0 Å². The van der Waals surface area contributed by atoms with Gasteiger partial charge in [-0.25, -0.2) is 4.98 Å². The number of rotatable bonds is 2. The van der Waals surface area contributed by atoms with Gasteiger partial charge in [-0.2, -0.15) is 0 Å². The summed E-state index contributed by atoms with van der Waals surface area (Å²) in [5.74, 6) is 0.474. The molecule has 1 heterocycles. The lowest BCUT2D eigenvalue weighted by molar-refractivity contribution is 0.219. The molecule has 0 bridgehead atoms. The Labute approximate surface area is 94.6 Å². The van der Waals surface area contributed by atoms with Crippen molar-refractivity contribution in [2.75, 3.05) is 5.73 Å². The van der Waals surface area contributed by atoms with Crippen molar-refractivity contribution in [3.8, 4) is 0 Å². The zero-order valence-corrected chi connectivity index (χ0v) is 9.09.